The summed E-state index contributed by atoms with van der Waals surface area (Å²) in [4.78, 5) is 13.5. The summed E-state index contributed by atoms with van der Waals surface area (Å²) >= 11 is 5.51. The third-order valence-electron chi connectivity index (χ3n) is 1.60. The molecule has 0 radical (unpaired) electrons. The molecular formula is C9H5ClF3NO2. The second kappa shape index (κ2) is 4.52. The second-order valence-electron chi connectivity index (χ2n) is 2.77. The van der Waals surface area contributed by atoms with Gasteiger partial charge < -0.3 is 5.11 Å². The van der Waals surface area contributed by atoms with Crippen LogP contribution in [0.3, 0.4) is 0 Å². The molecule has 0 saturated carbocycles. The van der Waals surface area contributed by atoms with Crippen LogP contribution >= 0.6 is 11.6 Å². The molecule has 0 aliphatic rings. The Balaban J connectivity index is 3.14. The van der Waals surface area contributed by atoms with Gasteiger partial charge in [0.1, 0.15) is 5.15 Å². The van der Waals surface area contributed by atoms with Crippen LogP contribution in [-0.4, -0.2) is 16.1 Å². The van der Waals surface area contributed by atoms with Gasteiger partial charge in [-0.2, -0.15) is 13.2 Å². The molecule has 0 bridgehead atoms. The van der Waals surface area contributed by atoms with Gasteiger partial charge in [-0.3, -0.25) is 0 Å². The zero-order valence-electron chi connectivity index (χ0n) is 7.62. The number of pyridine rings is 1. The number of carboxylic acids is 1. The van der Waals surface area contributed by atoms with Gasteiger partial charge in [-0.1, -0.05) is 11.6 Å². The maximum absolute atomic E-state index is 12.3. The van der Waals surface area contributed by atoms with Crippen molar-refractivity contribution in [1.82, 2.24) is 4.98 Å². The first-order valence-corrected chi connectivity index (χ1v) is 4.32. The molecule has 0 aliphatic heterocycles. The molecule has 1 rings (SSSR count). The molecule has 86 valence electrons. The van der Waals surface area contributed by atoms with Crippen LogP contribution in [0, 0.1) is 0 Å². The Morgan fingerprint density at radius 3 is 2.62 bits per heavy atom. The fraction of sp³-hybridized carbons (Fsp3) is 0.111. The van der Waals surface area contributed by atoms with Gasteiger partial charge in [-0.25, -0.2) is 9.78 Å². The molecule has 7 heteroatoms. The minimum absolute atomic E-state index is 0.0982. The third kappa shape index (κ3) is 3.23. The number of rotatable bonds is 2. The molecule has 0 amide bonds. The van der Waals surface area contributed by atoms with Crippen LogP contribution < -0.4 is 0 Å². The zero-order valence-corrected chi connectivity index (χ0v) is 8.38. The summed E-state index contributed by atoms with van der Waals surface area (Å²) in [6.45, 7) is 0. The quantitative estimate of drug-likeness (QED) is 0.649. The molecule has 1 N–H and O–H groups in total. The van der Waals surface area contributed by atoms with Crippen molar-refractivity contribution in [3.8, 4) is 0 Å². The van der Waals surface area contributed by atoms with E-state index < -0.39 is 17.7 Å². The lowest BCUT2D eigenvalue weighted by atomic mass is 10.2. The molecule has 0 aromatic carbocycles. The fourth-order valence-corrected chi connectivity index (χ4v) is 1.06. The van der Waals surface area contributed by atoms with Gasteiger partial charge in [0.25, 0.3) is 0 Å². The van der Waals surface area contributed by atoms with Crippen molar-refractivity contribution in [2.75, 3.05) is 0 Å². The average molecular weight is 252 g/mol. The molecule has 3 nitrogen and oxygen atoms in total. The lowest BCUT2D eigenvalue weighted by Gasteiger charge is -2.07. The first-order chi connectivity index (χ1) is 7.30. The molecule has 0 unspecified atom stereocenters. The Kier molecular flexibility index (Phi) is 3.54. The van der Waals surface area contributed by atoms with Gasteiger partial charge >= 0.3 is 12.1 Å². The number of hydrogen-bond acceptors (Lipinski definition) is 2. The maximum atomic E-state index is 12.3. The highest BCUT2D eigenvalue weighted by atomic mass is 35.5. The van der Waals surface area contributed by atoms with Crippen molar-refractivity contribution in [2.45, 2.75) is 6.18 Å². The van der Waals surface area contributed by atoms with Crippen molar-refractivity contribution in [3.63, 3.8) is 0 Å². The minimum atomic E-state index is -4.54. The van der Waals surface area contributed by atoms with E-state index in [-0.39, 0.29) is 10.7 Å². The standard InChI is InChI=1S/C9H5ClF3NO2/c10-8-5(1-2-7(15)16)3-6(4-14-8)9(11,12)13/h1-4H,(H,15,16). The summed E-state index contributed by atoms with van der Waals surface area (Å²) in [5, 5.41) is 8.13. The predicted molar refractivity (Wildman–Crippen MR) is 50.9 cm³/mol. The number of aromatic nitrogens is 1. The summed E-state index contributed by atoms with van der Waals surface area (Å²) in [6.07, 6.45) is -2.32. The summed E-state index contributed by atoms with van der Waals surface area (Å²) in [7, 11) is 0. The number of carbonyl (C=O) groups is 1. The van der Waals surface area contributed by atoms with E-state index in [4.69, 9.17) is 16.7 Å². The van der Waals surface area contributed by atoms with Gasteiger partial charge in [-0.05, 0) is 12.1 Å². The Morgan fingerprint density at radius 2 is 2.12 bits per heavy atom. The summed E-state index contributed by atoms with van der Waals surface area (Å²) in [5.41, 5.74) is -1.08. The van der Waals surface area contributed by atoms with Crippen LogP contribution in [0.1, 0.15) is 11.1 Å². The van der Waals surface area contributed by atoms with Crippen LogP contribution in [0.4, 0.5) is 13.2 Å². The highest BCUT2D eigenvalue weighted by Gasteiger charge is 2.31. The van der Waals surface area contributed by atoms with Crippen LogP contribution in [0.5, 0.6) is 0 Å². The van der Waals surface area contributed by atoms with Crippen molar-refractivity contribution in [2.24, 2.45) is 0 Å². The van der Waals surface area contributed by atoms with E-state index in [0.717, 1.165) is 12.1 Å². The van der Waals surface area contributed by atoms with Gasteiger partial charge in [0.2, 0.25) is 0 Å². The highest BCUT2D eigenvalue weighted by Crippen LogP contribution is 2.30. The Labute approximate surface area is 93.2 Å². The zero-order chi connectivity index (χ0) is 12.3. The average Bonchev–Trinajstić information content (AvgIpc) is 2.14. The second-order valence-corrected chi connectivity index (χ2v) is 3.13. The van der Waals surface area contributed by atoms with Crippen LogP contribution in [0.25, 0.3) is 6.08 Å². The number of alkyl halides is 3. The summed E-state index contributed by atoms with van der Waals surface area (Å²) < 4.78 is 36.8. The van der Waals surface area contributed by atoms with E-state index in [1.807, 2.05) is 0 Å². The number of carboxylic acid groups (broad SMARTS) is 1. The van der Waals surface area contributed by atoms with E-state index in [2.05, 4.69) is 4.98 Å². The van der Waals surface area contributed by atoms with Gasteiger partial charge in [0.05, 0.1) is 5.56 Å². The SMILES string of the molecule is O=C(O)C=Cc1cc(C(F)(F)F)cnc1Cl. The minimum Gasteiger partial charge on any atom is -0.478 e. The van der Waals surface area contributed by atoms with E-state index in [1.165, 1.54) is 0 Å². The molecule has 0 spiro atoms. The molecular weight excluding hydrogens is 247 g/mol. The maximum Gasteiger partial charge on any atom is 0.417 e. The molecule has 16 heavy (non-hydrogen) atoms. The van der Waals surface area contributed by atoms with Crippen molar-refractivity contribution in [1.29, 1.82) is 0 Å². The number of nitrogens with zero attached hydrogens (tertiary/aromatic N) is 1. The van der Waals surface area contributed by atoms with E-state index in [0.29, 0.717) is 12.3 Å². The Hall–Kier alpha value is -1.56. The third-order valence-corrected chi connectivity index (χ3v) is 1.91. The first-order valence-electron chi connectivity index (χ1n) is 3.94. The van der Waals surface area contributed by atoms with Gasteiger partial charge in [-0.15, -0.1) is 0 Å². The Bertz CT molecular complexity index is 443. The molecule has 1 aromatic rings. The lowest BCUT2D eigenvalue weighted by molar-refractivity contribution is -0.137. The molecule has 0 atom stereocenters. The number of hydrogen-bond donors (Lipinski definition) is 1. The molecule has 0 aliphatic carbocycles. The fourth-order valence-electron chi connectivity index (χ4n) is 0.898. The van der Waals surface area contributed by atoms with E-state index in [1.54, 1.807) is 0 Å². The largest absolute Gasteiger partial charge is 0.478 e. The van der Waals surface area contributed by atoms with E-state index in [9.17, 15) is 18.0 Å². The van der Waals surface area contributed by atoms with Crippen LogP contribution in [0.15, 0.2) is 18.3 Å². The highest BCUT2D eigenvalue weighted by molar-refractivity contribution is 6.30. The topological polar surface area (TPSA) is 50.2 Å². The Morgan fingerprint density at radius 1 is 1.50 bits per heavy atom. The lowest BCUT2D eigenvalue weighted by Crippen LogP contribution is -2.06. The molecule has 1 aromatic heterocycles. The molecule has 0 fully saturated rings. The van der Waals surface area contributed by atoms with Crippen molar-refractivity contribution < 1.29 is 23.1 Å². The first kappa shape index (κ1) is 12.5. The van der Waals surface area contributed by atoms with Crippen LogP contribution in [0.2, 0.25) is 5.15 Å². The van der Waals surface area contributed by atoms with Gasteiger partial charge in [0.15, 0.2) is 0 Å². The predicted octanol–water partition coefficient (Wildman–Crippen LogP) is 2.85. The van der Waals surface area contributed by atoms with Gasteiger partial charge in [0, 0.05) is 17.8 Å². The molecule has 0 saturated heterocycles. The smallest absolute Gasteiger partial charge is 0.417 e. The van der Waals surface area contributed by atoms with Crippen molar-refractivity contribution in [3.05, 3.63) is 34.6 Å². The normalized spacial score (nSPS) is 12.0. The van der Waals surface area contributed by atoms with Crippen LogP contribution in [-0.2, 0) is 11.0 Å². The number of aliphatic carboxylic acids is 1. The molecule has 1 heterocycles. The number of halogens is 4. The van der Waals surface area contributed by atoms with Crippen molar-refractivity contribution >= 4 is 23.6 Å². The monoisotopic (exact) mass is 251 g/mol. The summed E-state index contributed by atoms with van der Waals surface area (Å²) in [5.74, 6) is -1.28. The van der Waals surface area contributed by atoms with E-state index >= 15 is 0 Å². The summed E-state index contributed by atoms with van der Waals surface area (Å²) in [6, 6.07) is 0.731.